The maximum absolute atomic E-state index is 13.0. The van der Waals surface area contributed by atoms with E-state index in [1.807, 2.05) is 84.9 Å². The molecule has 1 aliphatic rings. The van der Waals surface area contributed by atoms with Gasteiger partial charge < -0.3 is 4.74 Å². The van der Waals surface area contributed by atoms with E-state index in [9.17, 15) is 4.79 Å². The molecule has 0 atom stereocenters. The molecule has 27 heavy (non-hydrogen) atoms. The fourth-order valence-electron chi connectivity index (χ4n) is 3.17. The van der Waals surface area contributed by atoms with Crippen molar-refractivity contribution in [3.63, 3.8) is 0 Å². The van der Waals surface area contributed by atoms with Crippen LogP contribution in [0.3, 0.4) is 0 Å². The summed E-state index contributed by atoms with van der Waals surface area (Å²) in [5, 5.41) is 0. The van der Waals surface area contributed by atoms with Crippen molar-refractivity contribution < 1.29 is 9.53 Å². The highest BCUT2D eigenvalue weighted by molar-refractivity contribution is 5.95. The molecule has 3 aromatic carbocycles. The van der Waals surface area contributed by atoms with Crippen LogP contribution in [0.15, 0.2) is 102 Å². The van der Waals surface area contributed by atoms with Crippen molar-refractivity contribution in [3.05, 3.63) is 113 Å². The third kappa shape index (κ3) is 3.87. The number of para-hydroxylation sites is 1. The van der Waals surface area contributed by atoms with Gasteiger partial charge in [-0.25, -0.2) is 4.79 Å². The molecule has 0 aromatic heterocycles. The van der Waals surface area contributed by atoms with Crippen LogP contribution < -0.4 is 0 Å². The average Bonchev–Trinajstić information content (AvgIpc) is 2.96. The second-order valence-electron chi connectivity index (χ2n) is 6.38. The van der Waals surface area contributed by atoms with Gasteiger partial charge in [0.25, 0.3) is 0 Å². The first kappa shape index (κ1) is 17.0. The summed E-state index contributed by atoms with van der Waals surface area (Å²) in [6.45, 7) is 0. The standard InChI is InChI=1S/C24H19NO2/c26-24(21-15-16-25-22-14-8-7-13-20(22)17-21)27-23(18-9-3-1-4-10-18)19-11-5-2-6-12-19/h1-16,23H,17H2. The molecule has 0 saturated heterocycles. The SMILES string of the molecule is O=C(OC(c1ccccc1)c1ccccc1)C1=CC=Nc2ccccc2C1. The largest absolute Gasteiger partial charge is 0.449 e. The Morgan fingerprint density at radius 2 is 1.41 bits per heavy atom. The number of hydrogen-bond donors (Lipinski definition) is 0. The van der Waals surface area contributed by atoms with Gasteiger partial charge in [0.1, 0.15) is 0 Å². The number of carbonyl (C=O) groups is 1. The second kappa shape index (κ2) is 7.83. The number of fused-ring (bicyclic) bond motifs is 1. The van der Waals surface area contributed by atoms with Crippen LogP contribution in [0.2, 0.25) is 0 Å². The van der Waals surface area contributed by atoms with Crippen molar-refractivity contribution in [3.8, 4) is 0 Å². The number of hydrogen-bond acceptors (Lipinski definition) is 3. The van der Waals surface area contributed by atoms with Crippen LogP contribution >= 0.6 is 0 Å². The summed E-state index contributed by atoms with van der Waals surface area (Å²) in [4.78, 5) is 17.4. The summed E-state index contributed by atoms with van der Waals surface area (Å²) in [6.07, 6.45) is 3.47. The zero-order chi connectivity index (χ0) is 18.5. The van der Waals surface area contributed by atoms with Crippen molar-refractivity contribution in [2.75, 3.05) is 0 Å². The third-order valence-electron chi connectivity index (χ3n) is 4.55. The molecule has 1 aliphatic heterocycles. The smallest absolute Gasteiger partial charge is 0.335 e. The Labute approximate surface area is 158 Å². The number of nitrogens with zero attached hydrogens (tertiary/aromatic N) is 1. The summed E-state index contributed by atoms with van der Waals surface area (Å²) < 4.78 is 5.96. The van der Waals surface area contributed by atoms with E-state index in [0.717, 1.165) is 22.4 Å². The first-order chi connectivity index (χ1) is 13.3. The van der Waals surface area contributed by atoms with Gasteiger partial charge >= 0.3 is 5.97 Å². The third-order valence-corrected chi connectivity index (χ3v) is 4.55. The Morgan fingerprint density at radius 1 is 0.815 bits per heavy atom. The van der Waals surface area contributed by atoms with E-state index in [0.29, 0.717) is 12.0 Å². The van der Waals surface area contributed by atoms with Crippen molar-refractivity contribution in [2.24, 2.45) is 4.99 Å². The number of aliphatic imine (C=N–C) groups is 1. The molecular formula is C24H19NO2. The Morgan fingerprint density at radius 3 is 2.07 bits per heavy atom. The molecule has 0 bridgehead atoms. The fourth-order valence-corrected chi connectivity index (χ4v) is 3.17. The molecule has 0 spiro atoms. The number of allylic oxidation sites excluding steroid dienone is 1. The van der Waals surface area contributed by atoms with E-state index in [-0.39, 0.29) is 5.97 Å². The number of esters is 1. The van der Waals surface area contributed by atoms with Gasteiger partial charge in [0.15, 0.2) is 6.10 Å². The zero-order valence-corrected chi connectivity index (χ0v) is 14.8. The van der Waals surface area contributed by atoms with Gasteiger partial charge in [0.05, 0.1) is 5.69 Å². The lowest BCUT2D eigenvalue weighted by Gasteiger charge is -2.20. The highest BCUT2D eigenvalue weighted by Gasteiger charge is 2.22. The molecule has 0 unspecified atom stereocenters. The molecule has 0 aliphatic carbocycles. The minimum Gasteiger partial charge on any atom is -0.449 e. The molecule has 3 nitrogen and oxygen atoms in total. The van der Waals surface area contributed by atoms with Crippen LogP contribution in [0.1, 0.15) is 22.8 Å². The van der Waals surface area contributed by atoms with Gasteiger partial charge in [-0.1, -0.05) is 78.9 Å². The van der Waals surface area contributed by atoms with Crippen molar-refractivity contribution in [1.29, 1.82) is 0 Å². The highest BCUT2D eigenvalue weighted by Crippen LogP contribution is 2.29. The Balaban J connectivity index is 1.61. The average molecular weight is 353 g/mol. The van der Waals surface area contributed by atoms with Gasteiger partial charge in [-0.2, -0.15) is 0 Å². The monoisotopic (exact) mass is 353 g/mol. The minimum atomic E-state index is -0.448. The second-order valence-corrected chi connectivity index (χ2v) is 6.38. The number of rotatable bonds is 4. The van der Waals surface area contributed by atoms with Gasteiger partial charge in [-0.15, -0.1) is 0 Å². The van der Waals surface area contributed by atoms with Gasteiger partial charge in [-0.05, 0) is 28.8 Å². The van der Waals surface area contributed by atoms with E-state index < -0.39 is 6.10 Å². The molecule has 1 heterocycles. The van der Waals surface area contributed by atoms with E-state index in [2.05, 4.69) is 4.99 Å². The fraction of sp³-hybridized carbons (Fsp3) is 0.0833. The molecule has 0 amide bonds. The van der Waals surface area contributed by atoms with Gasteiger partial charge in [0.2, 0.25) is 0 Å². The zero-order valence-electron chi connectivity index (χ0n) is 14.8. The van der Waals surface area contributed by atoms with Crippen LogP contribution in [0.5, 0.6) is 0 Å². The van der Waals surface area contributed by atoms with Crippen molar-refractivity contribution >= 4 is 17.9 Å². The molecular weight excluding hydrogens is 334 g/mol. The summed E-state index contributed by atoms with van der Waals surface area (Å²) in [7, 11) is 0. The molecule has 4 rings (SSSR count). The predicted octanol–water partition coefficient (Wildman–Crippen LogP) is 5.20. The van der Waals surface area contributed by atoms with E-state index in [4.69, 9.17) is 4.74 Å². The van der Waals surface area contributed by atoms with Crippen LogP contribution in [-0.4, -0.2) is 12.2 Å². The maximum Gasteiger partial charge on any atom is 0.335 e. The maximum atomic E-state index is 13.0. The number of benzene rings is 3. The Hall–Kier alpha value is -3.46. The molecule has 0 radical (unpaired) electrons. The topological polar surface area (TPSA) is 38.7 Å². The molecule has 0 saturated carbocycles. The first-order valence-corrected chi connectivity index (χ1v) is 8.93. The number of ether oxygens (including phenoxy) is 1. The van der Waals surface area contributed by atoms with E-state index >= 15 is 0 Å². The quantitative estimate of drug-likeness (QED) is 0.604. The Kier molecular flexibility index (Phi) is 4.93. The van der Waals surface area contributed by atoms with Crippen molar-refractivity contribution in [2.45, 2.75) is 12.5 Å². The molecule has 0 N–H and O–H groups in total. The summed E-state index contributed by atoms with van der Waals surface area (Å²) in [6, 6.07) is 27.5. The summed E-state index contributed by atoms with van der Waals surface area (Å²) >= 11 is 0. The van der Waals surface area contributed by atoms with Crippen LogP contribution in [0, 0.1) is 0 Å². The van der Waals surface area contributed by atoms with Gasteiger partial charge in [-0.3, -0.25) is 4.99 Å². The summed E-state index contributed by atoms with van der Waals surface area (Å²) in [5.41, 5.74) is 4.39. The first-order valence-electron chi connectivity index (χ1n) is 8.93. The lowest BCUT2D eigenvalue weighted by molar-refractivity contribution is -0.142. The van der Waals surface area contributed by atoms with Gasteiger partial charge in [0, 0.05) is 18.2 Å². The molecule has 0 fully saturated rings. The highest BCUT2D eigenvalue weighted by atomic mass is 16.5. The predicted molar refractivity (Wildman–Crippen MR) is 107 cm³/mol. The van der Waals surface area contributed by atoms with Crippen LogP contribution in [-0.2, 0) is 16.0 Å². The minimum absolute atomic E-state index is 0.323. The van der Waals surface area contributed by atoms with Crippen LogP contribution in [0.4, 0.5) is 5.69 Å². The van der Waals surface area contributed by atoms with E-state index in [1.54, 1.807) is 12.3 Å². The van der Waals surface area contributed by atoms with Crippen molar-refractivity contribution in [1.82, 2.24) is 0 Å². The van der Waals surface area contributed by atoms with Crippen LogP contribution in [0.25, 0.3) is 0 Å². The van der Waals surface area contributed by atoms with E-state index in [1.165, 1.54) is 0 Å². The normalized spacial score (nSPS) is 12.9. The molecule has 3 aromatic rings. The molecule has 3 heteroatoms. The Bertz CT molecular complexity index is 952. The lowest BCUT2D eigenvalue weighted by atomic mass is 10.0. The lowest BCUT2D eigenvalue weighted by Crippen LogP contribution is -2.16. The number of carbonyl (C=O) groups excluding carboxylic acids is 1. The molecule has 132 valence electrons. The summed E-state index contributed by atoms with van der Waals surface area (Å²) in [5.74, 6) is -0.323.